The highest BCUT2D eigenvalue weighted by atomic mass is 19.1. The smallest absolute Gasteiger partial charge is 0.123 e. The largest absolute Gasteiger partial charge is 0.383 e. The van der Waals surface area contributed by atoms with Crippen molar-refractivity contribution in [2.24, 2.45) is 0 Å². The first-order valence-electron chi connectivity index (χ1n) is 5.59. The second kappa shape index (κ2) is 7.77. The number of hydrogen-bond donors (Lipinski definition) is 0. The molecule has 0 aliphatic carbocycles. The molecule has 0 bridgehead atoms. The van der Waals surface area contributed by atoms with E-state index >= 15 is 0 Å². The molecule has 0 saturated heterocycles. The van der Waals surface area contributed by atoms with Gasteiger partial charge in [0.05, 0.1) is 12.7 Å². The molecule has 1 aromatic rings. The van der Waals surface area contributed by atoms with E-state index in [1.54, 1.807) is 19.2 Å². The highest BCUT2D eigenvalue weighted by Crippen LogP contribution is 2.07. The molecule has 0 saturated carbocycles. The SMILES string of the molecule is COCCN(CCC#N)Cc1ccc(F)cc1. The van der Waals surface area contributed by atoms with E-state index < -0.39 is 0 Å². The molecular weight excluding hydrogens is 219 g/mol. The Hall–Kier alpha value is -1.44. The summed E-state index contributed by atoms with van der Waals surface area (Å²) in [4.78, 5) is 2.12. The summed E-state index contributed by atoms with van der Waals surface area (Å²) < 4.78 is 17.8. The Morgan fingerprint density at radius 1 is 1.29 bits per heavy atom. The molecule has 0 heterocycles. The summed E-state index contributed by atoms with van der Waals surface area (Å²) >= 11 is 0. The monoisotopic (exact) mass is 236 g/mol. The summed E-state index contributed by atoms with van der Waals surface area (Å²) in [6, 6.07) is 8.56. The number of nitrogens with zero attached hydrogens (tertiary/aromatic N) is 2. The van der Waals surface area contributed by atoms with E-state index in [0.29, 0.717) is 26.1 Å². The fraction of sp³-hybridized carbons (Fsp3) is 0.462. The van der Waals surface area contributed by atoms with Gasteiger partial charge in [0, 0.05) is 33.2 Å². The molecule has 0 unspecified atom stereocenters. The molecule has 92 valence electrons. The van der Waals surface area contributed by atoms with Crippen molar-refractivity contribution in [1.82, 2.24) is 4.90 Å². The van der Waals surface area contributed by atoms with Crippen molar-refractivity contribution in [2.45, 2.75) is 13.0 Å². The summed E-state index contributed by atoms with van der Waals surface area (Å²) in [6.07, 6.45) is 0.491. The Labute approximate surface area is 101 Å². The molecule has 1 rings (SSSR count). The molecule has 0 radical (unpaired) electrons. The van der Waals surface area contributed by atoms with Crippen molar-refractivity contribution in [1.29, 1.82) is 5.26 Å². The van der Waals surface area contributed by atoms with Crippen LogP contribution in [0.3, 0.4) is 0 Å². The minimum absolute atomic E-state index is 0.228. The highest BCUT2D eigenvalue weighted by molar-refractivity contribution is 5.15. The van der Waals surface area contributed by atoms with Crippen molar-refractivity contribution in [3.8, 4) is 6.07 Å². The van der Waals surface area contributed by atoms with E-state index in [4.69, 9.17) is 10.00 Å². The third-order valence-corrected chi connectivity index (χ3v) is 2.47. The van der Waals surface area contributed by atoms with Crippen LogP contribution < -0.4 is 0 Å². The topological polar surface area (TPSA) is 36.3 Å². The van der Waals surface area contributed by atoms with Crippen LogP contribution in [0.25, 0.3) is 0 Å². The number of benzene rings is 1. The first-order valence-corrected chi connectivity index (χ1v) is 5.59. The summed E-state index contributed by atoms with van der Waals surface area (Å²) in [5.74, 6) is -0.228. The van der Waals surface area contributed by atoms with Crippen LogP contribution in [0.15, 0.2) is 24.3 Å². The van der Waals surface area contributed by atoms with Gasteiger partial charge in [0.25, 0.3) is 0 Å². The van der Waals surface area contributed by atoms with Crippen LogP contribution in [0.1, 0.15) is 12.0 Å². The van der Waals surface area contributed by atoms with E-state index in [-0.39, 0.29) is 5.82 Å². The van der Waals surface area contributed by atoms with Crippen LogP contribution in [0.4, 0.5) is 4.39 Å². The van der Waals surface area contributed by atoms with E-state index in [9.17, 15) is 4.39 Å². The molecule has 0 spiro atoms. The number of hydrogen-bond acceptors (Lipinski definition) is 3. The predicted octanol–water partition coefficient (Wildman–Crippen LogP) is 2.19. The lowest BCUT2D eigenvalue weighted by atomic mass is 10.2. The third-order valence-electron chi connectivity index (χ3n) is 2.47. The van der Waals surface area contributed by atoms with Crippen LogP contribution in [-0.4, -0.2) is 31.7 Å². The number of halogens is 1. The molecule has 0 aromatic heterocycles. The van der Waals surface area contributed by atoms with Gasteiger partial charge in [-0.1, -0.05) is 12.1 Å². The molecule has 3 nitrogen and oxygen atoms in total. The molecule has 0 aliphatic rings. The van der Waals surface area contributed by atoms with Crippen LogP contribution in [0.2, 0.25) is 0 Å². The van der Waals surface area contributed by atoms with Gasteiger partial charge in [-0.15, -0.1) is 0 Å². The zero-order valence-electron chi connectivity index (χ0n) is 10.0. The second-order valence-electron chi connectivity index (χ2n) is 3.80. The predicted molar refractivity (Wildman–Crippen MR) is 63.8 cm³/mol. The molecular formula is C13H17FN2O. The zero-order valence-corrected chi connectivity index (χ0v) is 10.0. The average molecular weight is 236 g/mol. The maximum absolute atomic E-state index is 12.8. The first kappa shape index (κ1) is 13.6. The Balaban J connectivity index is 2.52. The lowest BCUT2D eigenvalue weighted by Gasteiger charge is -2.20. The van der Waals surface area contributed by atoms with E-state index in [1.807, 2.05) is 0 Å². The summed E-state index contributed by atoms with van der Waals surface area (Å²) in [6.45, 7) is 2.82. The fourth-order valence-electron chi connectivity index (χ4n) is 1.55. The van der Waals surface area contributed by atoms with Gasteiger partial charge >= 0.3 is 0 Å². The van der Waals surface area contributed by atoms with E-state index in [1.165, 1.54) is 12.1 Å². The van der Waals surface area contributed by atoms with Crippen molar-refractivity contribution in [2.75, 3.05) is 26.8 Å². The van der Waals surface area contributed by atoms with E-state index in [2.05, 4.69) is 11.0 Å². The Morgan fingerprint density at radius 3 is 2.59 bits per heavy atom. The van der Waals surface area contributed by atoms with Gasteiger partial charge in [-0.25, -0.2) is 4.39 Å². The number of methoxy groups -OCH3 is 1. The average Bonchev–Trinajstić information content (AvgIpc) is 2.35. The Morgan fingerprint density at radius 2 is 2.00 bits per heavy atom. The van der Waals surface area contributed by atoms with Crippen molar-refractivity contribution in [3.63, 3.8) is 0 Å². The zero-order chi connectivity index (χ0) is 12.5. The molecule has 4 heteroatoms. The summed E-state index contributed by atoms with van der Waals surface area (Å²) in [5.41, 5.74) is 1.04. The Bertz CT molecular complexity index is 359. The lowest BCUT2D eigenvalue weighted by Crippen LogP contribution is -2.27. The van der Waals surface area contributed by atoms with Gasteiger partial charge in [-0.05, 0) is 17.7 Å². The van der Waals surface area contributed by atoms with Gasteiger partial charge in [0.1, 0.15) is 5.82 Å². The van der Waals surface area contributed by atoms with Crippen molar-refractivity contribution in [3.05, 3.63) is 35.6 Å². The van der Waals surface area contributed by atoms with Crippen molar-refractivity contribution < 1.29 is 9.13 Å². The minimum atomic E-state index is -0.228. The quantitative estimate of drug-likeness (QED) is 0.728. The molecule has 1 aromatic carbocycles. The summed E-state index contributed by atoms with van der Waals surface area (Å²) in [5, 5.41) is 8.59. The number of ether oxygens (including phenoxy) is 1. The van der Waals surface area contributed by atoms with Crippen LogP contribution in [0, 0.1) is 17.1 Å². The fourth-order valence-corrected chi connectivity index (χ4v) is 1.55. The van der Waals surface area contributed by atoms with Crippen LogP contribution in [-0.2, 0) is 11.3 Å². The Kier molecular flexibility index (Phi) is 6.23. The number of nitriles is 1. The van der Waals surface area contributed by atoms with Crippen LogP contribution >= 0.6 is 0 Å². The summed E-state index contributed by atoms with van der Waals surface area (Å²) in [7, 11) is 1.65. The van der Waals surface area contributed by atoms with Crippen LogP contribution in [0.5, 0.6) is 0 Å². The maximum Gasteiger partial charge on any atom is 0.123 e. The van der Waals surface area contributed by atoms with Gasteiger partial charge in [0.15, 0.2) is 0 Å². The second-order valence-corrected chi connectivity index (χ2v) is 3.80. The molecule has 0 fully saturated rings. The minimum Gasteiger partial charge on any atom is -0.383 e. The van der Waals surface area contributed by atoms with Gasteiger partial charge < -0.3 is 4.74 Å². The van der Waals surface area contributed by atoms with Crippen molar-refractivity contribution >= 4 is 0 Å². The number of rotatable bonds is 7. The molecule has 0 amide bonds. The van der Waals surface area contributed by atoms with Gasteiger partial charge in [0.2, 0.25) is 0 Å². The standard InChI is InChI=1S/C13H17FN2O/c1-17-10-9-16(8-2-7-15)11-12-3-5-13(14)6-4-12/h3-6H,2,8-11H2,1H3. The molecule has 0 aliphatic heterocycles. The molecule has 0 N–H and O–H groups in total. The highest BCUT2D eigenvalue weighted by Gasteiger charge is 2.05. The van der Waals surface area contributed by atoms with Gasteiger partial charge in [-0.3, -0.25) is 4.90 Å². The van der Waals surface area contributed by atoms with Gasteiger partial charge in [-0.2, -0.15) is 5.26 Å². The maximum atomic E-state index is 12.8. The van der Waals surface area contributed by atoms with E-state index in [0.717, 1.165) is 12.1 Å². The normalized spacial score (nSPS) is 10.5. The first-order chi connectivity index (χ1) is 8.26. The molecule has 0 atom stereocenters. The molecule has 17 heavy (non-hydrogen) atoms. The third kappa shape index (κ3) is 5.43. The lowest BCUT2D eigenvalue weighted by molar-refractivity contribution is 0.145.